The highest BCUT2D eigenvalue weighted by atomic mass is 16.6. The highest BCUT2D eigenvalue weighted by Gasteiger charge is 2.23. The van der Waals surface area contributed by atoms with Crippen LogP contribution in [0.1, 0.15) is 96.8 Å². The van der Waals surface area contributed by atoms with Gasteiger partial charge in [-0.05, 0) is 19.3 Å². The number of carboxylic acids is 4. The Morgan fingerprint density at radius 2 is 0.977 bits per heavy atom. The van der Waals surface area contributed by atoms with Crippen molar-refractivity contribution in [3.8, 4) is 0 Å². The summed E-state index contributed by atoms with van der Waals surface area (Å²) in [5, 5.41) is 39.9. The molecule has 6 N–H and O–H groups in total. The zero-order valence-corrected chi connectivity index (χ0v) is 25.3. The van der Waals surface area contributed by atoms with Gasteiger partial charge in [-0.15, -0.1) is 0 Å². The first kappa shape index (κ1) is 39.9. The lowest BCUT2D eigenvalue weighted by molar-refractivity contribution is -0.142. The van der Waals surface area contributed by atoms with Gasteiger partial charge in [0.05, 0.1) is 13.1 Å². The number of unbranched alkanes of at least 4 members (excludes halogenated alkanes) is 8. The zero-order valence-electron chi connectivity index (χ0n) is 25.3. The van der Waals surface area contributed by atoms with Crippen molar-refractivity contribution in [3.05, 3.63) is 0 Å². The van der Waals surface area contributed by atoms with Crippen molar-refractivity contribution in [2.24, 2.45) is 0 Å². The maximum absolute atomic E-state index is 12.9. The van der Waals surface area contributed by atoms with Crippen molar-refractivity contribution in [1.82, 2.24) is 15.5 Å². The van der Waals surface area contributed by atoms with E-state index in [1.54, 1.807) is 0 Å². The second-order valence-electron chi connectivity index (χ2n) is 10.2. The van der Waals surface area contributed by atoms with Crippen LogP contribution in [0.4, 0.5) is 9.59 Å². The van der Waals surface area contributed by atoms with Gasteiger partial charge in [0.25, 0.3) is 0 Å². The van der Waals surface area contributed by atoms with Crippen LogP contribution >= 0.6 is 0 Å². The first-order chi connectivity index (χ1) is 20.9. The van der Waals surface area contributed by atoms with Crippen LogP contribution in [-0.2, 0) is 33.4 Å². The summed E-state index contributed by atoms with van der Waals surface area (Å²) >= 11 is 0. The van der Waals surface area contributed by atoms with Gasteiger partial charge < -0.3 is 45.4 Å². The van der Waals surface area contributed by atoms with Crippen LogP contribution in [0.25, 0.3) is 0 Å². The Morgan fingerprint density at radius 3 is 1.34 bits per heavy atom. The van der Waals surface area contributed by atoms with E-state index < -0.39 is 61.0 Å². The van der Waals surface area contributed by atoms with Gasteiger partial charge in [0.2, 0.25) is 5.91 Å². The van der Waals surface area contributed by atoms with Crippen LogP contribution < -0.4 is 10.6 Å². The molecule has 0 rings (SSSR count). The van der Waals surface area contributed by atoms with Gasteiger partial charge in [0, 0.05) is 19.3 Å². The molecule has 0 saturated carbocycles. The maximum atomic E-state index is 12.9. The van der Waals surface area contributed by atoms with Gasteiger partial charge in [-0.25, -0.2) is 19.2 Å². The fourth-order valence-corrected chi connectivity index (χ4v) is 4.02. The number of carbonyl (C=O) groups is 7. The monoisotopic (exact) mass is 633 g/mol. The van der Waals surface area contributed by atoms with E-state index in [1.807, 2.05) is 0 Å². The molecular formula is C28H47N3O13. The number of hydrogen-bond donors (Lipinski definition) is 6. The van der Waals surface area contributed by atoms with E-state index in [-0.39, 0.29) is 51.5 Å². The summed E-state index contributed by atoms with van der Waals surface area (Å²) in [6.07, 6.45) is 5.67. The molecular weight excluding hydrogens is 586 g/mol. The average Bonchev–Trinajstić information content (AvgIpc) is 2.95. The summed E-state index contributed by atoms with van der Waals surface area (Å²) in [6, 6.07) is -2.97. The van der Waals surface area contributed by atoms with Gasteiger partial charge in [0.15, 0.2) is 0 Å². The minimum atomic E-state index is -1.49. The van der Waals surface area contributed by atoms with Gasteiger partial charge >= 0.3 is 36.1 Å². The lowest BCUT2D eigenvalue weighted by Gasteiger charge is -2.23. The normalized spacial score (nSPS) is 11.9. The highest BCUT2D eigenvalue weighted by molar-refractivity contribution is 5.81. The van der Waals surface area contributed by atoms with Gasteiger partial charge in [-0.3, -0.25) is 14.4 Å². The third kappa shape index (κ3) is 21.6. The van der Waals surface area contributed by atoms with Crippen LogP contribution in [-0.4, -0.2) is 106 Å². The smallest absolute Gasteiger partial charge is 0.407 e. The summed E-state index contributed by atoms with van der Waals surface area (Å²) in [5.74, 6) is -5.66. The molecule has 0 spiro atoms. The standard InChI is InChI=1S/C28H47N3O13/c1-2-3-4-5-6-7-8-9-10-11-22(32)31(16-18-43-27(41)29-20(25(37)38)12-14-23(33)34)17-19-44-28(42)30-21(26(39)40)13-15-24(35)36/h20-21H,2-19H2,1H3,(H,29,41)(H,30,42)(H,33,34)(H,35,36)(H,37,38)(H,39,40). The number of nitrogens with one attached hydrogen (secondary N) is 2. The predicted octanol–water partition coefficient (Wildman–Crippen LogP) is 2.82. The van der Waals surface area contributed by atoms with Crippen LogP contribution in [0, 0.1) is 0 Å². The van der Waals surface area contributed by atoms with E-state index in [0.717, 1.165) is 25.7 Å². The summed E-state index contributed by atoms with van der Waals surface area (Å²) < 4.78 is 9.95. The Morgan fingerprint density at radius 1 is 0.591 bits per heavy atom. The Kier molecular flexibility index (Phi) is 22.1. The summed E-state index contributed by atoms with van der Waals surface area (Å²) in [7, 11) is 0. The van der Waals surface area contributed by atoms with Crippen molar-refractivity contribution in [2.45, 2.75) is 109 Å². The fourth-order valence-electron chi connectivity index (χ4n) is 4.02. The molecule has 0 radical (unpaired) electrons. The SMILES string of the molecule is CCCCCCCCCCCC(=O)N(CCOC(=O)NC(CCC(=O)O)C(=O)O)CCOC(=O)NC(CCC(=O)O)C(=O)O. The highest BCUT2D eigenvalue weighted by Crippen LogP contribution is 2.11. The number of nitrogens with zero attached hydrogens (tertiary/aromatic N) is 1. The molecule has 0 saturated heterocycles. The average molecular weight is 634 g/mol. The molecule has 0 aromatic heterocycles. The lowest BCUT2D eigenvalue weighted by atomic mass is 10.1. The van der Waals surface area contributed by atoms with Crippen LogP contribution in [0.5, 0.6) is 0 Å². The summed E-state index contributed by atoms with van der Waals surface area (Å²) in [4.78, 5) is 82.2. The molecule has 16 nitrogen and oxygen atoms in total. The molecule has 0 aromatic rings. The molecule has 16 heteroatoms. The van der Waals surface area contributed by atoms with E-state index >= 15 is 0 Å². The minimum Gasteiger partial charge on any atom is -0.481 e. The molecule has 0 aliphatic carbocycles. The molecule has 0 aliphatic heterocycles. The van der Waals surface area contributed by atoms with Crippen molar-refractivity contribution < 1.29 is 63.5 Å². The molecule has 2 atom stereocenters. The second-order valence-corrected chi connectivity index (χ2v) is 10.2. The molecule has 2 unspecified atom stereocenters. The quantitative estimate of drug-likeness (QED) is 0.0751. The molecule has 0 bridgehead atoms. The first-order valence-corrected chi connectivity index (χ1v) is 14.9. The lowest BCUT2D eigenvalue weighted by Crippen LogP contribution is -2.43. The van der Waals surface area contributed by atoms with Gasteiger partial charge in [-0.1, -0.05) is 58.3 Å². The number of ether oxygens (including phenoxy) is 2. The van der Waals surface area contributed by atoms with Crippen molar-refractivity contribution in [1.29, 1.82) is 0 Å². The second kappa shape index (κ2) is 24.3. The van der Waals surface area contributed by atoms with E-state index in [2.05, 4.69) is 17.6 Å². The molecule has 0 aliphatic rings. The Balaban J connectivity index is 4.92. The number of aliphatic carboxylic acids is 4. The molecule has 0 heterocycles. The Hall–Kier alpha value is -4.11. The van der Waals surface area contributed by atoms with Crippen LogP contribution in [0.15, 0.2) is 0 Å². The number of amides is 3. The topological polar surface area (TPSA) is 246 Å². The van der Waals surface area contributed by atoms with Crippen molar-refractivity contribution in [2.75, 3.05) is 26.3 Å². The van der Waals surface area contributed by atoms with E-state index in [0.29, 0.717) is 6.42 Å². The number of rotatable bonds is 26. The Labute approximate surface area is 256 Å². The van der Waals surface area contributed by atoms with Crippen molar-refractivity contribution >= 4 is 42.0 Å². The van der Waals surface area contributed by atoms with Crippen LogP contribution in [0.3, 0.4) is 0 Å². The zero-order chi connectivity index (χ0) is 33.3. The summed E-state index contributed by atoms with van der Waals surface area (Å²) in [5.41, 5.74) is 0. The van der Waals surface area contributed by atoms with E-state index in [1.165, 1.54) is 30.6 Å². The number of carboxylic acid groups (broad SMARTS) is 4. The number of alkyl carbamates (subject to hydrolysis) is 2. The Bertz CT molecular complexity index is 872. The van der Waals surface area contributed by atoms with E-state index in [4.69, 9.17) is 29.9 Å². The van der Waals surface area contributed by atoms with Crippen LogP contribution in [0.2, 0.25) is 0 Å². The van der Waals surface area contributed by atoms with Gasteiger partial charge in [0.1, 0.15) is 25.3 Å². The molecule has 3 amide bonds. The van der Waals surface area contributed by atoms with Gasteiger partial charge in [-0.2, -0.15) is 0 Å². The number of hydrogen-bond acceptors (Lipinski definition) is 9. The summed E-state index contributed by atoms with van der Waals surface area (Å²) in [6.45, 7) is 1.21. The number of carbonyl (C=O) groups excluding carboxylic acids is 3. The third-order valence-corrected chi connectivity index (χ3v) is 6.51. The largest absolute Gasteiger partial charge is 0.481 e. The first-order valence-electron chi connectivity index (χ1n) is 14.9. The fraction of sp³-hybridized carbons (Fsp3) is 0.750. The molecule has 252 valence electrons. The van der Waals surface area contributed by atoms with Crippen molar-refractivity contribution in [3.63, 3.8) is 0 Å². The van der Waals surface area contributed by atoms with E-state index in [9.17, 15) is 33.6 Å². The molecule has 44 heavy (non-hydrogen) atoms. The molecule has 0 aromatic carbocycles. The third-order valence-electron chi connectivity index (χ3n) is 6.51. The molecule has 0 fully saturated rings. The minimum absolute atomic E-state index is 0.127. The predicted molar refractivity (Wildman–Crippen MR) is 154 cm³/mol. The maximum Gasteiger partial charge on any atom is 0.407 e.